The fourth-order valence-corrected chi connectivity index (χ4v) is 8.55. The Kier molecular flexibility index (Phi) is 27.1. The predicted octanol–water partition coefficient (Wildman–Crippen LogP) is 16.9. The van der Waals surface area contributed by atoms with Gasteiger partial charge in [0.25, 0.3) is 0 Å². The molecule has 0 aliphatic rings. The first-order valence-corrected chi connectivity index (χ1v) is 26.8. The van der Waals surface area contributed by atoms with E-state index in [9.17, 15) is 24.3 Å². The number of aromatic nitrogens is 1. The lowest BCUT2D eigenvalue weighted by Crippen LogP contribution is -2.21. The van der Waals surface area contributed by atoms with E-state index >= 15 is 0 Å². The molecule has 12 nitrogen and oxygen atoms in total. The number of nitrogens with zero attached hydrogens (tertiary/aromatic N) is 1. The molecule has 392 valence electrons. The van der Waals surface area contributed by atoms with E-state index in [0.29, 0.717) is 32.3 Å². The minimum absolute atomic E-state index is 0.0877. The predicted molar refractivity (Wildman–Crippen MR) is 302 cm³/mol. The van der Waals surface area contributed by atoms with Crippen LogP contribution in [0.5, 0.6) is 0 Å². The summed E-state index contributed by atoms with van der Waals surface area (Å²) >= 11 is 11.9. The maximum atomic E-state index is 12.4. The van der Waals surface area contributed by atoms with Gasteiger partial charge in [-0.15, -0.1) is 0 Å². The number of urea groups is 1. The average Bonchev–Trinajstić information content (AvgIpc) is 3.36. The van der Waals surface area contributed by atoms with Crippen molar-refractivity contribution in [2.45, 2.75) is 156 Å². The number of carbonyl (C=O) groups excluding carboxylic acids is 1. The van der Waals surface area contributed by atoms with Gasteiger partial charge in [-0.3, -0.25) is 0 Å². The molecule has 0 atom stereocenters. The van der Waals surface area contributed by atoms with Crippen molar-refractivity contribution in [3.05, 3.63) is 151 Å². The Labute approximate surface area is 441 Å². The first-order chi connectivity index (χ1) is 35.3. The number of carboxylic acids is 2. The van der Waals surface area contributed by atoms with Crippen LogP contribution in [0.25, 0.3) is 10.9 Å². The second-order valence-electron chi connectivity index (χ2n) is 18.3. The summed E-state index contributed by atoms with van der Waals surface area (Å²) in [5.74, 6) is -2.01. The number of carbonyl (C=O) groups is 3. The van der Waals surface area contributed by atoms with Gasteiger partial charge in [-0.2, -0.15) is 4.98 Å². The number of benzene rings is 5. The number of nitrogens with one attached hydrogen (secondary N) is 3. The molecule has 0 saturated heterocycles. The Hall–Kier alpha value is -6.37. The molecule has 0 radical (unpaired) electrons. The summed E-state index contributed by atoms with van der Waals surface area (Å²) < 4.78 is 5.34. The third-order valence-electron chi connectivity index (χ3n) is 12.2. The summed E-state index contributed by atoms with van der Waals surface area (Å²) in [6, 6.07) is 29.9. The van der Waals surface area contributed by atoms with Crippen LogP contribution in [0.2, 0.25) is 10.0 Å². The van der Waals surface area contributed by atoms with Gasteiger partial charge in [-0.25, -0.2) is 19.2 Å². The number of fused-ring (bicyclic) bond motifs is 1. The quantitative estimate of drug-likeness (QED) is 0.0213. The maximum Gasteiger partial charge on any atom is 0.348 e. The fourth-order valence-electron chi connectivity index (χ4n) is 8.17. The zero-order valence-electron chi connectivity index (χ0n) is 42.9. The average molecular weight is 1040 g/mol. The van der Waals surface area contributed by atoms with Crippen LogP contribution < -0.4 is 27.3 Å². The van der Waals surface area contributed by atoms with Crippen LogP contribution in [0.1, 0.15) is 174 Å². The van der Waals surface area contributed by atoms with Crippen molar-refractivity contribution in [2.75, 3.05) is 21.7 Å². The normalized spacial score (nSPS) is 10.7. The van der Waals surface area contributed by atoms with Crippen molar-refractivity contribution < 1.29 is 29.0 Å². The first kappa shape index (κ1) is 59.2. The number of amides is 2. The van der Waals surface area contributed by atoms with Crippen LogP contribution in [0, 0.1) is 0 Å². The third-order valence-corrected chi connectivity index (χ3v) is 12.7. The number of hydrogen-bond donors (Lipinski definition) is 6. The van der Waals surface area contributed by atoms with E-state index in [0.717, 1.165) is 67.3 Å². The van der Waals surface area contributed by atoms with Gasteiger partial charge in [0.05, 0.1) is 27.7 Å². The molecule has 0 saturated carbocycles. The highest BCUT2D eigenvalue weighted by molar-refractivity contribution is 6.31. The molecule has 0 unspecified atom stereocenters. The lowest BCUT2D eigenvalue weighted by molar-refractivity contribution is 0.0687. The van der Waals surface area contributed by atoms with Crippen molar-refractivity contribution in [3.8, 4) is 0 Å². The van der Waals surface area contributed by atoms with E-state index in [2.05, 4.69) is 41.7 Å². The van der Waals surface area contributed by atoms with Gasteiger partial charge >= 0.3 is 29.6 Å². The molecule has 1 heterocycles. The van der Waals surface area contributed by atoms with Gasteiger partial charge in [0, 0.05) is 27.1 Å². The highest BCUT2D eigenvalue weighted by Crippen LogP contribution is 2.24. The molecule has 2 amide bonds. The summed E-state index contributed by atoms with van der Waals surface area (Å²) in [6.07, 6.45) is 24.9. The van der Waals surface area contributed by atoms with Crippen LogP contribution in [-0.2, 0) is 19.3 Å². The summed E-state index contributed by atoms with van der Waals surface area (Å²) in [6.45, 7) is 6.63. The lowest BCUT2D eigenvalue weighted by Gasteiger charge is -2.12. The standard InChI is InChI=1S/C22H27ClN2O3.C22H25ClN2O2.C15H23NO2/c1-2-3-4-5-6-7-9-16-12-13-20(19(14-16)21(26)27)25-22(28)24-18-11-8-10-17(23)15-18;1-2-3-4-5-6-7-9-16-12-13-20-19(14-16)21(26)27-22(25-20)24-18-11-8-10-17(23)15-18;1-2-3-4-5-6-7-8-12-9-10-14(16)13(11-12)15(17)18/h8,10-15H,2-7,9H2,1H3,(H,26,27)(H2,24,25,28);8,10-15H,2-7,9H2,1H3,(H,24,25);9-11H,2-8,16H2,1H3,(H,17,18). The van der Waals surface area contributed by atoms with Crippen LogP contribution in [0.15, 0.2) is 112 Å². The van der Waals surface area contributed by atoms with Gasteiger partial charge in [-0.1, -0.05) is 171 Å². The third kappa shape index (κ3) is 22.5. The Bertz CT molecular complexity index is 2710. The van der Waals surface area contributed by atoms with E-state index in [-0.39, 0.29) is 28.5 Å². The number of hydrogen-bond acceptors (Lipinski definition) is 8. The van der Waals surface area contributed by atoms with Gasteiger partial charge < -0.3 is 36.3 Å². The molecule has 7 N–H and O–H groups in total. The van der Waals surface area contributed by atoms with Crippen LogP contribution in [-0.4, -0.2) is 33.2 Å². The molecule has 1 aromatic heterocycles. The molecule has 73 heavy (non-hydrogen) atoms. The fraction of sp³-hybridized carbons (Fsp3) is 0.407. The second-order valence-corrected chi connectivity index (χ2v) is 19.2. The molecule has 6 aromatic rings. The Balaban J connectivity index is 0.000000244. The minimum atomic E-state index is -1.07. The number of nitrogens with two attached hydrogens (primary N) is 1. The second kappa shape index (κ2) is 33.4. The van der Waals surface area contributed by atoms with Crippen molar-refractivity contribution in [3.63, 3.8) is 0 Å². The van der Waals surface area contributed by atoms with E-state index in [1.54, 1.807) is 60.7 Å². The monoisotopic (exact) mass is 1040 g/mol. The van der Waals surface area contributed by atoms with E-state index in [1.165, 1.54) is 89.9 Å². The Morgan fingerprint density at radius 3 is 1.55 bits per heavy atom. The molecule has 6 rings (SSSR count). The van der Waals surface area contributed by atoms with E-state index in [4.69, 9.17) is 38.5 Å². The molecule has 0 aliphatic carbocycles. The van der Waals surface area contributed by atoms with Gasteiger partial charge in [0.2, 0.25) is 0 Å². The van der Waals surface area contributed by atoms with Crippen molar-refractivity contribution in [1.82, 2.24) is 4.98 Å². The number of carboxylic acid groups (broad SMARTS) is 2. The van der Waals surface area contributed by atoms with E-state index in [1.807, 2.05) is 42.5 Å². The number of anilines is 5. The summed E-state index contributed by atoms with van der Waals surface area (Å²) in [4.78, 5) is 51.5. The number of halogens is 2. The van der Waals surface area contributed by atoms with Crippen LogP contribution in [0.4, 0.5) is 33.6 Å². The van der Waals surface area contributed by atoms with E-state index < -0.39 is 18.0 Å². The number of aryl methyl sites for hydroxylation is 3. The topological polar surface area (TPSA) is 197 Å². The molecular formula is C59H75Cl2N5O7. The van der Waals surface area contributed by atoms with Crippen molar-refractivity contribution in [1.29, 1.82) is 0 Å². The maximum absolute atomic E-state index is 12.4. The van der Waals surface area contributed by atoms with Crippen molar-refractivity contribution >= 4 is 80.8 Å². The molecular weight excluding hydrogens is 962 g/mol. The smallest absolute Gasteiger partial charge is 0.348 e. The number of unbranched alkanes of at least 4 members (excludes halogenated alkanes) is 15. The molecule has 0 aliphatic heterocycles. The molecule has 14 heteroatoms. The SMILES string of the molecule is CCCCCCCCc1ccc(N)c(C(=O)O)c1.CCCCCCCCc1ccc(NC(=O)Nc2cccc(Cl)c2)c(C(=O)O)c1.CCCCCCCCc1ccc2nc(Nc3cccc(Cl)c3)oc(=O)c2c1. The number of nitrogen functional groups attached to an aromatic ring is 1. The summed E-state index contributed by atoms with van der Waals surface area (Å²) in [5.41, 5.74) is 11.2. The summed E-state index contributed by atoms with van der Waals surface area (Å²) in [7, 11) is 0. The highest BCUT2D eigenvalue weighted by atomic mass is 35.5. The number of aromatic carboxylic acids is 2. The first-order valence-electron chi connectivity index (χ1n) is 26.1. The van der Waals surface area contributed by atoms with Crippen molar-refractivity contribution in [2.24, 2.45) is 0 Å². The number of rotatable bonds is 27. The lowest BCUT2D eigenvalue weighted by atomic mass is 10.0. The molecule has 0 bridgehead atoms. The minimum Gasteiger partial charge on any atom is -0.478 e. The highest BCUT2D eigenvalue weighted by Gasteiger charge is 2.15. The Morgan fingerprint density at radius 2 is 1.01 bits per heavy atom. The zero-order chi connectivity index (χ0) is 52.8. The zero-order valence-corrected chi connectivity index (χ0v) is 44.4. The van der Waals surface area contributed by atoms with Crippen LogP contribution in [0.3, 0.4) is 0 Å². The van der Waals surface area contributed by atoms with Gasteiger partial charge in [0.1, 0.15) is 0 Å². The largest absolute Gasteiger partial charge is 0.478 e. The Morgan fingerprint density at radius 1 is 0.548 bits per heavy atom. The molecule has 0 spiro atoms. The van der Waals surface area contributed by atoms with Gasteiger partial charge in [-0.05, 0) is 128 Å². The molecule has 5 aromatic carbocycles. The molecule has 0 fully saturated rings. The van der Waals surface area contributed by atoms with Gasteiger partial charge in [0.15, 0.2) is 0 Å². The van der Waals surface area contributed by atoms with Crippen LogP contribution >= 0.6 is 23.2 Å². The summed E-state index contributed by atoms with van der Waals surface area (Å²) in [5, 5.41) is 28.3.